The average Bonchev–Trinajstić information content (AvgIpc) is 2.93. The fourth-order valence-electron chi connectivity index (χ4n) is 3.08. The zero-order valence-electron chi connectivity index (χ0n) is 15.2. The number of methoxy groups -OCH3 is 1. The van der Waals surface area contributed by atoms with Crippen LogP contribution in [-0.2, 0) is 11.3 Å². The molecular weight excluding hydrogens is 326 g/mol. The molecule has 0 aliphatic carbocycles. The van der Waals surface area contributed by atoms with Crippen LogP contribution in [0.25, 0.3) is 6.08 Å². The number of hydrogen-bond donors (Lipinski definition) is 0. The van der Waals surface area contributed by atoms with Gasteiger partial charge in [-0.15, -0.1) is 0 Å². The van der Waals surface area contributed by atoms with E-state index >= 15 is 0 Å². The van der Waals surface area contributed by atoms with Crippen molar-refractivity contribution in [1.82, 2.24) is 14.8 Å². The van der Waals surface area contributed by atoms with Crippen molar-refractivity contribution in [3.05, 3.63) is 66.0 Å². The van der Waals surface area contributed by atoms with Crippen LogP contribution in [0.1, 0.15) is 17.7 Å². The first-order chi connectivity index (χ1) is 12.7. The van der Waals surface area contributed by atoms with E-state index in [9.17, 15) is 4.79 Å². The molecule has 0 saturated carbocycles. The maximum Gasteiger partial charge on any atom is 0.246 e. The van der Waals surface area contributed by atoms with Crippen LogP contribution in [0.4, 0.5) is 0 Å². The molecule has 1 saturated heterocycles. The highest BCUT2D eigenvalue weighted by Gasteiger charge is 2.17. The van der Waals surface area contributed by atoms with Crippen molar-refractivity contribution >= 4 is 12.0 Å². The quantitative estimate of drug-likeness (QED) is 0.777. The number of carbonyl (C=O) groups is 1. The summed E-state index contributed by atoms with van der Waals surface area (Å²) in [7, 11) is 1.68. The molecule has 2 heterocycles. The molecule has 5 nitrogen and oxygen atoms in total. The molecule has 1 aliphatic rings. The molecule has 0 N–H and O–H groups in total. The van der Waals surface area contributed by atoms with Crippen LogP contribution in [0.5, 0.6) is 5.75 Å². The molecule has 136 valence electrons. The first-order valence-corrected chi connectivity index (χ1v) is 8.98. The van der Waals surface area contributed by atoms with Gasteiger partial charge in [0.2, 0.25) is 5.91 Å². The Balaban J connectivity index is 1.52. The van der Waals surface area contributed by atoms with Crippen LogP contribution >= 0.6 is 0 Å². The number of pyridine rings is 1. The van der Waals surface area contributed by atoms with Gasteiger partial charge in [0.25, 0.3) is 0 Å². The lowest BCUT2D eigenvalue weighted by molar-refractivity contribution is -0.125. The maximum absolute atomic E-state index is 12.4. The van der Waals surface area contributed by atoms with E-state index in [1.165, 1.54) is 5.56 Å². The van der Waals surface area contributed by atoms with E-state index < -0.39 is 0 Å². The molecule has 1 aliphatic heterocycles. The first-order valence-electron chi connectivity index (χ1n) is 8.98. The zero-order valence-corrected chi connectivity index (χ0v) is 15.2. The molecule has 3 rings (SSSR count). The smallest absolute Gasteiger partial charge is 0.246 e. The van der Waals surface area contributed by atoms with E-state index in [1.54, 1.807) is 25.5 Å². The molecule has 0 radical (unpaired) electrons. The van der Waals surface area contributed by atoms with E-state index in [2.05, 4.69) is 22.0 Å². The standard InChI is InChI=1S/C21H25N3O2/c1-26-20-9-6-18(7-10-20)17-23-13-4-14-24(16-15-23)21(25)11-8-19-5-2-3-12-22-19/h2-3,5-12H,4,13-17H2,1H3/b11-8+. The van der Waals surface area contributed by atoms with Crippen molar-refractivity contribution in [2.45, 2.75) is 13.0 Å². The fourth-order valence-corrected chi connectivity index (χ4v) is 3.08. The number of hydrogen-bond acceptors (Lipinski definition) is 4. The van der Waals surface area contributed by atoms with Gasteiger partial charge in [-0.25, -0.2) is 0 Å². The van der Waals surface area contributed by atoms with Crippen LogP contribution < -0.4 is 4.74 Å². The van der Waals surface area contributed by atoms with Gasteiger partial charge in [0.1, 0.15) is 5.75 Å². The van der Waals surface area contributed by atoms with Crippen LogP contribution in [0, 0.1) is 0 Å². The highest BCUT2D eigenvalue weighted by atomic mass is 16.5. The van der Waals surface area contributed by atoms with E-state index in [-0.39, 0.29) is 5.91 Å². The summed E-state index contributed by atoms with van der Waals surface area (Å²) in [6, 6.07) is 13.9. The van der Waals surface area contributed by atoms with Gasteiger partial charge >= 0.3 is 0 Å². The highest BCUT2D eigenvalue weighted by Crippen LogP contribution is 2.14. The van der Waals surface area contributed by atoms with Gasteiger partial charge in [-0.3, -0.25) is 14.7 Å². The molecule has 1 fully saturated rings. The molecule has 1 amide bonds. The average molecular weight is 351 g/mol. The van der Waals surface area contributed by atoms with Crippen molar-refractivity contribution in [2.75, 3.05) is 33.3 Å². The monoisotopic (exact) mass is 351 g/mol. The van der Waals surface area contributed by atoms with Crippen molar-refractivity contribution in [3.8, 4) is 5.75 Å². The van der Waals surface area contributed by atoms with Gasteiger partial charge in [0.05, 0.1) is 12.8 Å². The summed E-state index contributed by atoms with van der Waals surface area (Å²) in [5.41, 5.74) is 2.07. The molecule has 0 unspecified atom stereocenters. The van der Waals surface area contributed by atoms with Gasteiger partial charge in [0, 0.05) is 45.0 Å². The van der Waals surface area contributed by atoms with E-state index in [1.807, 2.05) is 35.2 Å². The Morgan fingerprint density at radius 2 is 1.96 bits per heavy atom. The van der Waals surface area contributed by atoms with Crippen molar-refractivity contribution in [3.63, 3.8) is 0 Å². The second-order valence-corrected chi connectivity index (χ2v) is 6.39. The second-order valence-electron chi connectivity index (χ2n) is 6.39. The Kier molecular flexibility index (Phi) is 6.39. The predicted molar refractivity (Wildman–Crippen MR) is 103 cm³/mol. The van der Waals surface area contributed by atoms with Gasteiger partial charge in [-0.2, -0.15) is 0 Å². The summed E-state index contributed by atoms with van der Waals surface area (Å²) in [6.07, 6.45) is 6.12. The number of aromatic nitrogens is 1. The van der Waals surface area contributed by atoms with Gasteiger partial charge in [0.15, 0.2) is 0 Å². The summed E-state index contributed by atoms with van der Waals surface area (Å²) in [5.74, 6) is 0.933. The van der Waals surface area contributed by atoms with E-state index in [0.717, 1.165) is 50.6 Å². The molecule has 26 heavy (non-hydrogen) atoms. The van der Waals surface area contributed by atoms with Crippen LogP contribution in [0.15, 0.2) is 54.7 Å². The zero-order chi connectivity index (χ0) is 18.2. The molecule has 5 heteroatoms. The van der Waals surface area contributed by atoms with Crippen molar-refractivity contribution in [2.24, 2.45) is 0 Å². The SMILES string of the molecule is COc1ccc(CN2CCCN(C(=O)/C=C/c3ccccn3)CC2)cc1. The third-order valence-electron chi connectivity index (χ3n) is 4.55. The molecule has 1 aromatic heterocycles. The molecule has 0 atom stereocenters. The van der Waals surface area contributed by atoms with E-state index in [0.29, 0.717) is 0 Å². The Morgan fingerprint density at radius 3 is 2.69 bits per heavy atom. The lowest BCUT2D eigenvalue weighted by Crippen LogP contribution is -2.34. The largest absolute Gasteiger partial charge is 0.497 e. The van der Waals surface area contributed by atoms with Crippen LogP contribution in [-0.4, -0.2) is 54.0 Å². The van der Waals surface area contributed by atoms with Gasteiger partial charge in [-0.05, 0) is 42.3 Å². The fraction of sp³-hybridized carbons (Fsp3) is 0.333. The Labute approximate surface area is 154 Å². The van der Waals surface area contributed by atoms with Gasteiger partial charge in [-0.1, -0.05) is 18.2 Å². The summed E-state index contributed by atoms with van der Waals surface area (Å²) in [6.45, 7) is 4.33. The highest BCUT2D eigenvalue weighted by molar-refractivity contribution is 5.91. The first kappa shape index (κ1) is 18.1. The third-order valence-corrected chi connectivity index (χ3v) is 4.55. The number of nitrogens with zero attached hydrogens (tertiary/aromatic N) is 3. The second kappa shape index (κ2) is 9.15. The van der Waals surface area contributed by atoms with Gasteiger partial charge < -0.3 is 9.64 Å². The third kappa shape index (κ3) is 5.17. The van der Waals surface area contributed by atoms with Crippen molar-refractivity contribution in [1.29, 1.82) is 0 Å². The maximum atomic E-state index is 12.4. The van der Waals surface area contributed by atoms with Crippen LogP contribution in [0.2, 0.25) is 0 Å². The van der Waals surface area contributed by atoms with E-state index in [4.69, 9.17) is 4.74 Å². The molecule has 0 spiro atoms. The molecular formula is C21H25N3O2. The predicted octanol–water partition coefficient (Wildman–Crippen LogP) is 2.84. The lowest BCUT2D eigenvalue weighted by atomic mass is 10.2. The minimum absolute atomic E-state index is 0.0574. The molecule has 0 bridgehead atoms. The molecule has 2 aromatic rings. The number of amides is 1. The summed E-state index contributed by atoms with van der Waals surface area (Å²) in [5, 5.41) is 0. The normalized spacial score (nSPS) is 15.8. The summed E-state index contributed by atoms with van der Waals surface area (Å²) in [4.78, 5) is 21.0. The number of benzene rings is 1. The topological polar surface area (TPSA) is 45.7 Å². The Morgan fingerprint density at radius 1 is 1.12 bits per heavy atom. The number of rotatable bonds is 5. The summed E-state index contributed by atoms with van der Waals surface area (Å²) < 4.78 is 5.21. The van der Waals surface area contributed by atoms with Crippen LogP contribution in [0.3, 0.4) is 0 Å². The summed E-state index contributed by atoms with van der Waals surface area (Å²) >= 11 is 0. The Hall–Kier alpha value is -2.66. The minimum Gasteiger partial charge on any atom is -0.497 e. The number of ether oxygens (including phenoxy) is 1. The lowest BCUT2D eigenvalue weighted by Gasteiger charge is -2.21. The van der Waals surface area contributed by atoms with Crippen molar-refractivity contribution < 1.29 is 9.53 Å². The Bertz CT molecular complexity index is 729. The number of carbonyl (C=O) groups excluding carboxylic acids is 1. The molecule has 1 aromatic carbocycles. The minimum atomic E-state index is 0.0574.